The Balaban J connectivity index is 1.73. The molecular formula is C16H17N3O2. The molecule has 108 valence electrons. The lowest BCUT2D eigenvalue weighted by Gasteiger charge is -2.12. The summed E-state index contributed by atoms with van der Waals surface area (Å²) >= 11 is 0. The number of carbonyl (C=O) groups excluding carboxylic acids is 1. The third-order valence-corrected chi connectivity index (χ3v) is 4.32. The molecule has 5 heteroatoms. The number of benzene rings is 1. The Morgan fingerprint density at radius 1 is 1.29 bits per heavy atom. The predicted octanol–water partition coefficient (Wildman–Crippen LogP) is 2.55. The minimum Gasteiger partial charge on any atom is -0.373 e. The summed E-state index contributed by atoms with van der Waals surface area (Å²) in [6.07, 6.45) is 2.66. The van der Waals surface area contributed by atoms with Crippen LogP contribution in [-0.4, -0.2) is 27.7 Å². The van der Waals surface area contributed by atoms with E-state index in [0.717, 1.165) is 25.1 Å². The SMILES string of the molecule is COC1CC(c2ccccc2)n2nc(C(=O)C3CC3)nc21. The first-order valence-corrected chi connectivity index (χ1v) is 7.36. The van der Waals surface area contributed by atoms with Crippen LogP contribution in [0.15, 0.2) is 30.3 Å². The molecule has 1 aromatic carbocycles. The maximum atomic E-state index is 12.2. The number of ketones is 1. The molecular weight excluding hydrogens is 266 g/mol. The first kappa shape index (κ1) is 12.7. The van der Waals surface area contributed by atoms with Crippen LogP contribution in [0.3, 0.4) is 0 Å². The molecule has 2 heterocycles. The minimum atomic E-state index is -0.0940. The van der Waals surface area contributed by atoms with Crippen molar-refractivity contribution in [3.63, 3.8) is 0 Å². The summed E-state index contributed by atoms with van der Waals surface area (Å²) in [5.74, 6) is 1.35. The second-order valence-electron chi connectivity index (χ2n) is 5.76. The highest BCUT2D eigenvalue weighted by Gasteiger charge is 2.39. The molecule has 0 radical (unpaired) electrons. The highest BCUT2D eigenvalue weighted by atomic mass is 16.5. The largest absolute Gasteiger partial charge is 0.373 e. The molecule has 1 saturated carbocycles. The van der Waals surface area contributed by atoms with Crippen molar-refractivity contribution in [1.29, 1.82) is 0 Å². The van der Waals surface area contributed by atoms with Crippen molar-refractivity contribution in [2.45, 2.75) is 31.4 Å². The van der Waals surface area contributed by atoms with Crippen LogP contribution in [0.1, 0.15) is 53.4 Å². The van der Waals surface area contributed by atoms with Crippen molar-refractivity contribution in [3.8, 4) is 0 Å². The van der Waals surface area contributed by atoms with Crippen LogP contribution in [0.2, 0.25) is 0 Å². The van der Waals surface area contributed by atoms with Gasteiger partial charge in [0, 0.05) is 19.4 Å². The van der Waals surface area contributed by atoms with Crippen LogP contribution < -0.4 is 0 Å². The number of nitrogens with zero attached hydrogens (tertiary/aromatic N) is 3. The van der Waals surface area contributed by atoms with Gasteiger partial charge in [-0.15, -0.1) is 5.10 Å². The highest BCUT2D eigenvalue weighted by Crippen LogP contribution is 2.39. The zero-order valence-electron chi connectivity index (χ0n) is 11.9. The topological polar surface area (TPSA) is 57.0 Å². The molecule has 1 fully saturated rings. The number of carbonyl (C=O) groups is 1. The Labute approximate surface area is 122 Å². The zero-order chi connectivity index (χ0) is 14.4. The number of Topliss-reactive ketones (excluding diaryl/α,β-unsaturated/α-hetero) is 1. The summed E-state index contributed by atoms with van der Waals surface area (Å²) in [7, 11) is 1.68. The van der Waals surface area contributed by atoms with Crippen LogP contribution in [0.4, 0.5) is 0 Å². The molecule has 21 heavy (non-hydrogen) atoms. The summed E-state index contributed by atoms with van der Waals surface area (Å²) in [6, 6.07) is 10.3. The molecule has 0 saturated heterocycles. The van der Waals surface area contributed by atoms with Crippen molar-refractivity contribution >= 4 is 5.78 Å². The van der Waals surface area contributed by atoms with Crippen LogP contribution >= 0.6 is 0 Å². The van der Waals surface area contributed by atoms with Gasteiger partial charge in [0.15, 0.2) is 5.82 Å². The summed E-state index contributed by atoms with van der Waals surface area (Å²) in [5, 5.41) is 4.48. The fraction of sp³-hybridized carbons (Fsp3) is 0.438. The van der Waals surface area contributed by atoms with E-state index in [2.05, 4.69) is 22.2 Å². The van der Waals surface area contributed by atoms with Gasteiger partial charge < -0.3 is 4.74 Å². The van der Waals surface area contributed by atoms with Gasteiger partial charge in [-0.1, -0.05) is 30.3 Å². The molecule has 0 bridgehead atoms. The minimum absolute atomic E-state index is 0.0820. The van der Waals surface area contributed by atoms with Gasteiger partial charge in [0.2, 0.25) is 11.6 Å². The number of methoxy groups -OCH3 is 1. The summed E-state index contributed by atoms with van der Waals surface area (Å²) in [5.41, 5.74) is 1.17. The van der Waals surface area contributed by atoms with Gasteiger partial charge >= 0.3 is 0 Å². The lowest BCUT2D eigenvalue weighted by Crippen LogP contribution is -2.10. The zero-order valence-corrected chi connectivity index (χ0v) is 11.9. The van der Waals surface area contributed by atoms with Crippen LogP contribution in [0.5, 0.6) is 0 Å². The van der Waals surface area contributed by atoms with E-state index in [1.54, 1.807) is 7.11 Å². The molecule has 2 unspecified atom stereocenters. The molecule has 0 amide bonds. The standard InChI is InChI=1S/C16H17N3O2/c1-21-13-9-12(10-5-3-2-4-6-10)19-16(13)17-15(18-19)14(20)11-7-8-11/h2-6,11-13H,7-9H2,1H3. The van der Waals surface area contributed by atoms with Gasteiger partial charge in [0.25, 0.3) is 0 Å². The second kappa shape index (κ2) is 4.77. The summed E-state index contributed by atoms with van der Waals surface area (Å²) in [6.45, 7) is 0. The van der Waals surface area contributed by atoms with E-state index >= 15 is 0 Å². The Morgan fingerprint density at radius 2 is 2.05 bits per heavy atom. The van der Waals surface area contributed by atoms with E-state index < -0.39 is 0 Å². The monoisotopic (exact) mass is 283 g/mol. The first-order chi connectivity index (χ1) is 10.3. The lowest BCUT2D eigenvalue weighted by molar-refractivity contribution is 0.0942. The van der Waals surface area contributed by atoms with Gasteiger partial charge in [-0.25, -0.2) is 9.67 Å². The van der Waals surface area contributed by atoms with Crippen molar-refractivity contribution in [3.05, 3.63) is 47.5 Å². The summed E-state index contributed by atoms with van der Waals surface area (Å²) in [4.78, 5) is 16.6. The van der Waals surface area contributed by atoms with Gasteiger partial charge in [-0.2, -0.15) is 0 Å². The van der Waals surface area contributed by atoms with Gasteiger partial charge in [-0.05, 0) is 18.4 Å². The fourth-order valence-corrected chi connectivity index (χ4v) is 2.98. The van der Waals surface area contributed by atoms with Gasteiger partial charge in [0.05, 0.1) is 6.04 Å². The number of rotatable bonds is 4. The molecule has 1 aromatic heterocycles. The van der Waals surface area contributed by atoms with E-state index in [0.29, 0.717) is 5.82 Å². The van der Waals surface area contributed by atoms with Crippen LogP contribution in [0, 0.1) is 5.92 Å². The van der Waals surface area contributed by atoms with E-state index in [4.69, 9.17) is 4.74 Å². The van der Waals surface area contributed by atoms with Crippen LogP contribution in [0.25, 0.3) is 0 Å². The second-order valence-corrected chi connectivity index (χ2v) is 5.76. The van der Waals surface area contributed by atoms with Gasteiger partial charge in [-0.3, -0.25) is 4.79 Å². The Kier molecular flexibility index (Phi) is 2.89. The molecule has 1 aliphatic carbocycles. The summed E-state index contributed by atoms with van der Waals surface area (Å²) < 4.78 is 7.40. The Morgan fingerprint density at radius 3 is 2.71 bits per heavy atom. The maximum absolute atomic E-state index is 12.2. The van der Waals surface area contributed by atoms with Crippen molar-refractivity contribution in [2.24, 2.45) is 5.92 Å². The quantitative estimate of drug-likeness (QED) is 0.809. The van der Waals surface area contributed by atoms with Crippen molar-refractivity contribution < 1.29 is 9.53 Å². The highest BCUT2D eigenvalue weighted by molar-refractivity contribution is 5.95. The van der Waals surface area contributed by atoms with E-state index in [9.17, 15) is 4.79 Å². The molecule has 0 N–H and O–H groups in total. The maximum Gasteiger partial charge on any atom is 0.217 e. The molecule has 2 aliphatic rings. The third kappa shape index (κ3) is 2.08. The number of hydrogen-bond donors (Lipinski definition) is 0. The molecule has 2 atom stereocenters. The van der Waals surface area contributed by atoms with E-state index in [1.807, 2.05) is 22.9 Å². The number of hydrogen-bond acceptors (Lipinski definition) is 4. The fourth-order valence-electron chi connectivity index (χ4n) is 2.98. The smallest absolute Gasteiger partial charge is 0.217 e. The average molecular weight is 283 g/mol. The Bertz CT molecular complexity index is 676. The molecule has 5 nitrogen and oxygen atoms in total. The van der Waals surface area contributed by atoms with Crippen molar-refractivity contribution in [2.75, 3.05) is 7.11 Å². The molecule has 1 aliphatic heterocycles. The number of fused-ring (bicyclic) bond motifs is 1. The number of aromatic nitrogens is 3. The lowest BCUT2D eigenvalue weighted by atomic mass is 10.0. The van der Waals surface area contributed by atoms with Gasteiger partial charge in [0.1, 0.15) is 6.10 Å². The van der Waals surface area contributed by atoms with Crippen LogP contribution in [-0.2, 0) is 4.74 Å². The third-order valence-electron chi connectivity index (χ3n) is 4.32. The Hall–Kier alpha value is -2.01. The van der Waals surface area contributed by atoms with Crippen molar-refractivity contribution in [1.82, 2.24) is 14.8 Å². The predicted molar refractivity (Wildman–Crippen MR) is 76.0 cm³/mol. The van der Waals surface area contributed by atoms with E-state index in [1.165, 1.54) is 5.56 Å². The normalized spacial score (nSPS) is 24.0. The van der Waals surface area contributed by atoms with E-state index in [-0.39, 0.29) is 23.8 Å². The first-order valence-electron chi connectivity index (χ1n) is 7.36. The number of ether oxygens (including phenoxy) is 1. The molecule has 4 rings (SSSR count). The molecule has 2 aromatic rings. The molecule has 0 spiro atoms. The average Bonchev–Trinajstić information content (AvgIpc) is 3.19.